The lowest BCUT2D eigenvalue weighted by Crippen LogP contribution is -2.65. The number of alkyl halides is 1. The molecule has 12 rings (SSSR count). The Morgan fingerprint density at radius 3 is 1.80 bits per heavy atom. The number of furan rings is 2. The molecule has 2 aromatic carbocycles. The average molecular weight is 697 g/mol. The molecule has 8 aliphatic rings. The fraction of sp³-hybridized carbons (Fsp3) is 0.610. The van der Waals surface area contributed by atoms with Crippen LogP contribution in [-0.4, -0.2) is 42.9 Å². The van der Waals surface area contributed by atoms with Gasteiger partial charge in [-0.25, -0.2) is 0 Å². The Morgan fingerprint density at radius 1 is 0.700 bits per heavy atom. The van der Waals surface area contributed by atoms with Crippen LogP contribution in [-0.2, 0) is 31.4 Å². The zero-order valence-electron chi connectivity index (χ0n) is 30.9. The molecule has 0 N–H and O–H groups in total. The minimum absolute atomic E-state index is 0.127. The van der Waals surface area contributed by atoms with Crippen molar-refractivity contribution in [2.75, 3.05) is 0 Å². The van der Waals surface area contributed by atoms with E-state index in [-0.39, 0.29) is 42.9 Å². The molecule has 0 unspecified atom stereocenters. The molecule has 4 bridgehead atoms. The molecule has 9 atom stereocenters. The molecule has 0 radical (unpaired) electrons. The van der Waals surface area contributed by atoms with E-state index in [0.29, 0.717) is 29.1 Å². The van der Waals surface area contributed by atoms with E-state index in [4.69, 9.17) is 39.1 Å². The summed E-state index contributed by atoms with van der Waals surface area (Å²) in [6.07, 6.45) is 10.4. The quantitative estimate of drug-likeness (QED) is 0.153. The summed E-state index contributed by atoms with van der Waals surface area (Å²) in [5, 5.41) is 2.10. The third kappa shape index (κ3) is 4.84. The SMILES string of the molecule is Cc1cccc2c(CB3O[C@@H]4C[C@@H]5C[C@@H](C5(C)C)[C@]4(C)O3)coc12.Cc1cccc2c(C[C@@H](Cl)B3O[C@@H]4C[C@@H]5C[C@@H](C5(C)C)[C@]4(C)O3)coc12. The van der Waals surface area contributed by atoms with Crippen molar-refractivity contribution in [2.24, 2.45) is 34.5 Å². The number of rotatable bonds is 5. The Bertz CT molecular complexity index is 1950. The number of hydrogen-bond donors (Lipinski definition) is 0. The minimum atomic E-state index is -0.350. The van der Waals surface area contributed by atoms with Gasteiger partial charge in [-0.1, -0.05) is 64.1 Å². The topological polar surface area (TPSA) is 63.2 Å². The summed E-state index contributed by atoms with van der Waals surface area (Å²) in [5.41, 5.74) is 6.98. The van der Waals surface area contributed by atoms with Gasteiger partial charge in [-0.3, -0.25) is 0 Å². The van der Waals surface area contributed by atoms with Gasteiger partial charge in [0, 0.05) is 17.1 Å². The van der Waals surface area contributed by atoms with Gasteiger partial charge in [-0.2, -0.15) is 0 Å². The van der Waals surface area contributed by atoms with Crippen molar-refractivity contribution < 1.29 is 27.5 Å². The number of para-hydroxylation sites is 2. The van der Waals surface area contributed by atoms with Crippen LogP contribution in [0.2, 0.25) is 0 Å². The number of halogens is 1. The Kier molecular flexibility index (Phi) is 7.65. The highest BCUT2D eigenvalue weighted by molar-refractivity contribution is 6.60. The Hall–Kier alpha value is -2.22. The first-order valence-electron chi connectivity index (χ1n) is 18.9. The fourth-order valence-electron chi connectivity index (χ4n) is 11.4. The van der Waals surface area contributed by atoms with Crippen LogP contribution in [0.15, 0.2) is 57.8 Å². The van der Waals surface area contributed by atoms with E-state index in [1.165, 1.54) is 29.4 Å². The molecular weight excluding hydrogens is 646 g/mol. The maximum atomic E-state index is 6.79. The smallest absolute Gasteiger partial charge is 0.464 e. The second-order valence-electron chi connectivity index (χ2n) is 18.1. The summed E-state index contributed by atoms with van der Waals surface area (Å²) in [6.45, 7) is 18.2. The Morgan fingerprint density at radius 2 is 1.22 bits per heavy atom. The van der Waals surface area contributed by atoms with Crippen LogP contribution in [0.4, 0.5) is 0 Å². The second-order valence-corrected chi connectivity index (χ2v) is 18.6. The van der Waals surface area contributed by atoms with Crippen molar-refractivity contribution in [1.82, 2.24) is 0 Å². The maximum Gasteiger partial charge on any atom is 0.477 e. The monoisotopic (exact) mass is 696 g/mol. The van der Waals surface area contributed by atoms with Gasteiger partial charge >= 0.3 is 14.2 Å². The van der Waals surface area contributed by atoms with E-state index in [2.05, 4.69) is 91.8 Å². The molecule has 4 aromatic rings. The summed E-state index contributed by atoms with van der Waals surface area (Å²) in [5.74, 6) is 2.72. The summed E-state index contributed by atoms with van der Waals surface area (Å²) in [6, 6.07) is 12.5. The largest absolute Gasteiger partial charge is 0.477 e. The number of aryl methyl sites for hydroxylation is 2. The molecule has 2 saturated heterocycles. The van der Waals surface area contributed by atoms with Crippen LogP contribution >= 0.6 is 11.6 Å². The molecule has 50 heavy (non-hydrogen) atoms. The molecule has 2 aliphatic heterocycles. The number of benzene rings is 2. The summed E-state index contributed by atoms with van der Waals surface area (Å²) >= 11 is 6.79. The maximum absolute atomic E-state index is 6.79. The molecule has 8 fully saturated rings. The third-order valence-corrected chi connectivity index (χ3v) is 15.2. The van der Waals surface area contributed by atoms with Crippen molar-refractivity contribution in [3.63, 3.8) is 0 Å². The molecule has 2 aromatic heterocycles. The molecule has 4 heterocycles. The van der Waals surface area contributed by atoms with Crippen molar-refractivity contribution in [3.8, 4) is 0 Å². The van der Waals surface area contributed by atoms with Crippen LogP contribution in [0.25, 0.3) is 21.9 Å². The van der Waals surface area contributed by atoms with E-state index >= 15 is 0 Å². The van der Waals surface area contributed by atoms with Crippen LogP contribution in [0.3, 0.4) is 0 Å². The zero-order chi connectivity index (χ0) is 35.0. The summed E-state index contributed by atoms with van der Waals surface area (Å²) in [4.78, 5) is 0. The predicted octanol–water partition coefficient (Wildman–Crippen LogP) is 9.71. The van der Waals surface area contributed by atoms with Gasteiger partial charge in [0.2, 0.25) is 0 Å². The standard InChI is InChI=1S/C21H26BClO3.C20H25BO3/c1-12-6-5-7-15-13(11-24-19(12)15)8-18(23)22-25-17-10-14-9-16(20(14,2)3)21(17,4)26-22;1-12-6-5-7-15-13(11-22-18(12)15)10-21-23-17-9-14-8-16(19(14,2)3)20(17,4)24-21/h5-7,11,14,16-18H,8-10H2,1-4H3;5-7,11,14,16-17H,8-10H2,1-4H3/t14-,16-,17+,18+,21-;14-,16-,17+,20-/m00/s1. The van der Waals surface area contributed by atoms with Crippen molar-refractivity contribution in [2.45, 2.75) is 123 Å². The Labute approximate surface area is 302 Å². The summed E-state index contributed by atoms with van der Waals surface area (Å²) in [7, 11) is -0.506. The summed E-state index contributed by atoms with van der Waals surface area (Å²) < 4.78 is 37.3. The molecule has 0 spiro atoms. The molecule has 6 aliphatic carbocycles. The van der Waals surface area contributed by atoms with Gasteiger partial charge < -0.3 is 27.5 Å². The first-order chi connectivity index (χ1) is 23.7. The van der Waals surface area contributed by atoms with Gasteiger partial charge in [-0.05, 0) is 117 Å². The van der Waals surface area contributed by atoms with Gasteiger partial charge in [0.05, 0.1) is 41.2 Å². The van der Waals surface area contributed by atoms with Crippen LogP contribution < -0.4 is 0 Å². The van der Waals surface area contributed by atoms with Crippen LogP contribution in [0.5, 0.6) is 0 Å². The van der Waals surface area contributed by atoms with Crippen molar-refractivity contribution in [3.05, 3.63) is 71.2 Å². The van der Waals surface area contributed by atoms with Crippen molar-refractivity contribution >= 4 is 47.8 Å². The lowest BCUT2D eigenvalue weighted by atomic mass is 9.43. The van der Waals surface area contributed by atoms with E-state index in [0.717, 1.165) is 58.7 Å². The van der Waals surface area contributed by atoms with Crippen LogP contribution in [0, 0.1) is 48.3 Å². The third-order valence-electron chi connectivity index (χ3n) is 14.8. The zero-order valence-corrected chi connectivity index (χ0v) is 31.6. The van der Waals surface area contributed by atoms with E-state index in [1.54, 1.807) is 0 Å². The average Bonchev–Trinajstić information content (AvgIpc) is 3.84. The van der Waals surface area contributed by atoms with Crippen LogP contribution in [0.1, 0.15) is 89.5 Å². The van der Waals surface area contributed by atoms with Gasteiger partial charge in [0.25, 0.3) is 0 Å². The highest BCUT2D eigenvalue weighted by atomic mass is 35.5. The van der Waals surface area contributed by atoms with Gasteiger partial charge in [0.1, 0.15) is 11.2 Å². The Balaban J connectivity index is 0.000000135. The molecule has 9 heteroatoms. The molecule has 6 nitrogen and oxygen atoms in total. The first kappa shape index (κ1) is 33.6. The van der Waals surface area contributed by atoms with E-state index < -0.39 is 0 Å². The lowest BCUT2D eigenvalue weighted by Gasteiger charge is -2.64. The highest BCUT2D eigenvalue weighted by Gasteiger charge is 2.69. The predicted molar refractivity (Wildman–Crippen MR) is 199 cm³/mol. The first-order valence-corrected chi connectivity index (χ1v) is 19.4. The number of hydrogen-bond acceptors (Lipinski definition) is 6. The molecule has 264 valence electrons. The van der Waals surface area contributed by atoms with Gasteiger partial charge in [0.15, 0.2) is 0 Å². The fourth-order valence-corrected chi connectivity index (χ4v) is 11.7. The van der Waals surface area contributed by atoms with E-state index in [9.17, 15) is 0 Å². The van der Waals surface area contributed by atoms with E-state index in [1.807, 2.05) is 12.5 Å². The normalized spacial score (nSPS) is 36.3. The van der Waals surface area contributed by atoms with Crippen molar-refractivity contribution in [1.29, 1.82) is 0 Å². The molecular formula is C41H51B2ClO6. The van der Waals surface area contributed by atoms with Gasteiger partial charge in [-0.15, -0.1) is 11.6 Å². The number of fused-ring (bicyclic) bond motifs is 2. The highest BCUT2D eigenvalue weighted by Crippen LogP contribution is 2.67. The molecule has 0 amide bonds. The lowest BCUT2D eigenvalue weighted by molar-refractivity contribution is -0.199. The molecule has 6 saturated carbocycles. The minimum Gasteiger partial charge on any atom is -0.464 e. The second kappa shape index (κ2) is 11.4.